The van der Waals surface area contributed by atoms with Gasteiger partial charge in [0.2, 0.25) is 5.91 Å². The van der Waals surface area contributed by atoms with E-state index in [2.05, 4.69) is 25.9 Å². The number of pyridine rings is 1. The summed E-state index contributed by atoms with van der Waals surface area (Å²) >= 11 is 0. The van der Waals surface area contributed by atoms with Gasteiger partial charge in [-0.3, -0.25) is 14.3 Å². The SMILES string of the molecule is COCc1onc(C)c1-c1ccc(NC(=O)C(NC(=O)c2ccnn2C)C2CCCCCC2)nc1. The molecule has 1 saturated carbocycles. The third kappa shape index (κ3) is 5.76. The van der Waals surface area contributed by atoms with Crippen LogP contribution in [0.1, 0.15) is 60.5 Å². The number of aromatic nitrogens is 4. The zero-order valence-corrected chi connectivity index (χ0v) is 20.4. The molecule has 0 bridgehead atoms. The van der Waals surface area contributed by atoms with Gasteiger partial charge in [0.25, 0.3) is 5.91 Å². The van der Waals surface area contributed by atoms with Gasteiger partial charge < -0.3 is 19.9 Å². The number of hydrogen-bond donors (Lipinski definition) is 2. The Morgan fingerprint density at radius 2 is 1.97 bits per heavy atom. The van der Waals surface area contributed by atoms with E-state index < -0.39 is 6.04 Å². The van der Waals surface area contributed by atoms with Crippen molar-refractivity contribution in [3.05, 3.63) is 47.7 Å². The van der Waals surface area contributed by atoms with E-state index in [0.717, 1.165) is 55.3 Å². The van der Waals surface area contributed by atoms with Crippen LogP contribution in [0.15, 0.2) is 35.1 Å². The van der Waals surface area contributed by atoms with Crippen molar-refractivity contribution in [1.82, 2.24) is 25.2 Å². The summed E-state index contributed by atoms with van der Waals surface area (Å²) in [5, 5.41) is 14.0. The highest BCUT2D eigenvalue weighted by molar-refractivity contribution is 6.00. The van der Waals surface area contributed by atoms with E-state index in [1.807, 2.05) is 13.0 Å². The number of nitrogens with one attached hydrogen (secondary N) is 2. The van der Waals surface area contributed by atoms with Gasteiger partial charge in [-0.1, -0.05) is 30.8 Å². The fraction of sp³-hybridized carbons (Fsp3) is 0.480. The smallest absolute Gasteiger partial charge is 0.270 e. The van der Waals surface area contributed by atoms with Gasteiger partial charge in [-0.05, 0) is 43.9 Å². The normalized spacial score (nSPS) is 15.4. The first kappa shape index (κ1) is 24.6. The summed E-state index contributed by atoms with van der Waals surface area (Å²) in [6.07, 6.45) is 9.42. The molecule has 1 unspecified atom stereocenters. The topological polar surface area (TPSA) is 124 Å². The molecule has 1 fully saturated rings. The average Bonchev–Trinajstić information content (AvgIpc) is 3.33. The lowest BCUT2D eigenvalue weighted by atomic mass is 9.91. The molecule has 1 aliphatic carbocycles. The lowest BCUT2D eigenvalue weighted by Gasteiger charge is -2.26. The molecule has 0 spiro atoms. The summed E-state index contributed by atoms with van der Waals surface area (Å²) < 4.78 is 12.0. The van der Waals surface area contributed by atoms with Gasteiger partial charge in [-0.25, -0.2) is 4.98 Å². The van der Waals surface area contributed by atoms with Gasteiger partial charge >= 0.3 is 0 Å². The van der Waals surface area contributed by atoms with Crippen LogP contribution in [0.2, 0.25) is 0 Å². The molecule has 0 saturated heterocycles. The van der Waals surface area contributed by atoms with Crippen LogP contribution in [0.4, 0.5) is 5.82 Å². The van der Waals surface area contributed by atoms with E-state index in [-0.39, 0.29) is 17.7 Å². The highest BCUT2D eigenvalue weighted by Crippen LogP contribution is 2.29. The minimum absolute atomic E-state index is 0.0604. The lowest BCUT2D eigenvalue weighted by Crippen LogP contribution is -2.49. The van der Waals surface area contributed by atoms with E-state index in [1.165, 1.54) is 4.68 Å². The zero-order valence-electron chi connectivity index (χ0n) is 20.4. The molecule has 4 rings (SSSR count). The quantitative estimate of drug-likeness (QED) is 0.472. The van der Waals surface area contributed by atoms with E-state index in [9.17, 15) is 9.59 Å². The predicted octanol–water partition coefficient (Wildman–Crippen LogP) is 3.63. The molecular formula is C25H32N6O4. The maximum Gasteiger partial charge on any atom is 0.270 e. The van der Waals surface area contributed by atoms with E-state index in [4.69, 9.17) is 9.26 Å². The van der Waals surface area contributed by atoms with Crippen molar-refractivity contribution in [1.29, 1.82) is 0 Å². The number of methoxy groups -OCH3 is 1. The number of rotatable bonds is 8. The van der Waals surface area contributed by atoms with Crippen LogP contribution in [0, 0.1) is 12.8 Å². The van der Waals surface area contributed by atoms with Crippen molar-refractivity contribution in [2.45, 2.75) is 58.1 Å². The van der Waals surface area contributed by atoms with Crippen molar-refractivity contribution in [2.75, 3.05) is 12.4 Å². The van der Waals surface area contributed by atoms with Crippen molar-refractivity contribution in [2.24, 2.45) is 13.0 Å². The van der Waals surface area contributed by atoms with Crippen molar-refractivity contribution in [3.63, 3.8) is 0 Å². The Morgan fingerprint density at radius 3 is 2.60 bits per heavy atom. The van der Waals surface area contributed by atoms with Crippen LogP contribution >= 0.6 is 0 Å². The highest BCUT2D eigenvalue weighted by Gasteiger charge is 2.31. The van der Waals surface area contributed by atoms with Gasteiger partial charge in [0.15, 0.2) is 5.76 Å². The number of carbonyl (C=O) groups excluding carboxylic acids is 2. The molecule has 10 heteroatoms. The summed E-state index contributed by atoms with van der Waals surface area (Å²) in [7, 11) is 3.30. The zero-order chi connectivity index (χ0) is 24.8. The van der Waals surface area contributed by atoms with Crippen molar-refractivity contribution >= 4 is 17.6 Å². The number of hydrogen-bond acceptors (Lipinski definition) is 7. The summed E-state index contributed by atoms with van der Waals surface area (Å²) in [6, 6.07) is 4.58. The second-order valence-electron chi connectivity index (χ2n) is 8.96. The standard InChI is InChI=1S/C25H32N6O4/c1-16-22(20(15-34-3)35-30-16)18-10-11-21(26-14-18)28-25(33)23(17-8-6-4-5-7-9-17)29-24(32)19-12-13-27-31(19)2/h10-14,17,23H,4-9,15H2,1-3H3,(H,29,32)(H,26,28,33). The third-order valence-corrected chi connectivity index (χ3v) is 6.51. The first-order chi connectivity index (χ1) is 17.0. The second kappa shape index (κ2) is 11.3. The average molecular weight is 481 g/mol. The largest absolute Gasteiger partial charge is 0.377 e. The molecule has 1 aliphatic rings. The molecule has 186 valence electrons. The minimum Gasteiger partial charge on any atom is -0.377 e. The summed E-state index contributed by atoms with van der Waals surface area (Å²) in [5.74, 6) is 0.509. The second-order valence-corrected chi connectivity index (χ2v) is 8.96. The van der Waals surface area contributed by atoms with Crippen LogP contribution in [-0.2, 0) is 23.2 Å². The first-order valence-electron chi connectivity index (χ1n) is 12.0. The van der Waals surface area contributed by atoms with Gasteiger partial charge in [-0.2, -0.15) is 5.10 Å². The molecule has 0 aromatic carbocycles. The van der Waals surface area contributed by atoms with Crippen LogP contribution in [0.5, 0.6) is 0 Å². The third-order valence-electron chi connectivity index (χ3n) is 6.51. The summed E-state index contributed by atoms with van der Waals surface area (Å²) in [4.78, 5) is 30.8. The molecule has 0 aliphatic heterocycles. The lowest BCUT2D eigenvalue weighted by molar-refractivity contribution is -0.119. The molecule has 2 amide bonds. The monoisotopic (exact) mass is 480 g/mol. The fourth-order valence-corrected chi connectivity index (χ4v) is 4.69. The van der Waals surface area contributed by atoms with Crippen molar-refractivity contribution < 1.29 is 18.8 Å². The molecule has 35 heavy (non-hydrogen) atoms. The molecule has 2 N–H and O–H groups in total. The first-order valence-corrected chi connectivity index (χ1v) is 12.0. The van der Waals surface area contributed by atoms with Crippen LogP contribution < -0.4 is 10.6 Å². The van der Waals surface area contributed by atoms with Gasteiger partial charge in [0.05, 0.1) is 11.3 Å². The Bertz CT molecular complexity index is 1150. The molecule has 3 heterocycles. The number of ether oxygens (including phenoxy) is 1. The Hall–Kier alpha value is -3.53. The van der Waals surface area contributed by atoms with Crippen LogP contribution in [-0.4, -0.2) is 44.9 Å². The Balaban J connectivity index is 1.51. The minimum atomic E-state index is -0.661. The maximum atomic E-state index is 13.4. The Kier molecular flexibility index (Phi) is 7.91. The molecule has 0 radical (unpaired) electrons. The molecule has 3 aromatic rings. The van der Waals surface area contributed by atoms with Crippen molar-refractivity contribution in [3.8, 4) is 11.1 Å². The van der Waals surface area contributed by atoms with E-state index in [1.54, 1.807) is 38.7 Å². The fourth-order valence-electron chi connectivity index (χ4n) is 4.69. The van der Waals surface area contributed by atoms with Crippen LogP contribution in [0.3, 0.4) is 0 Å². The van der Waals surface area contributed by atoms with E-state index >= 15 is 0 Å². The number of carbonyl (C=O) groups is 2. The molecule has 1 atom stereocenters. The summed E-state index contributed by atoms with van der Waals surface area (Å²) in [6.45, 7) is 2.16. The predicted molar refractivity (Wildman–Crippen MR) is 129 cm³/mol. The number of aryl methyl sites for hydroxylation is 2. The number of anilines is 1. The number of nitrogens with zero attached hydrogens (tertiary/aromatic N) is 4. The van der Waals surface area contributed by atoms with Gasteiger partial charge in [0, 0.05) is 32.1 Å². The molecular weight excluding hydrogens is 448 g/mol. The van der Waals surface area contributed by atoms with Gasteiger partial charge in [-0.15, -0.1) is 0 Å². The maximum absolute atomic E-state index is 13.4. The van der Waals surface area contributed by atoms with Crippen LogP contribution in [0.25, 0.3) is 11.1 Å². The Labute approximate surface area is 204 Å². The highest BCUT2D eigenvalue weighted by atomic mass is 16.5. The molecule has 3 aromatic heterocycles. The number of amides is 2. The van der Waals surface area contributed by atoms with E-state index in [0.29, 0.717) is 23.9 Å². The summed E-state index contributed by atoms with van der Waals surface area (Å²) in [5.41, 5.74) is 2.80. The van der Waals surface area contributed by atoms with Gasteiger partial charge in [0.1, 0.15) is 24.2 Å². The Morgan fingerprint density at radius 1 is 1.20 bits per heavy atom. The molecule has 10 nitrogen and oxygen atoms in total.